The number of carboxylic acids is 1. The van der Waals surface area contributed by atoms with E-state index < -0.39 is 11.4 Å². The van der Waals surface area contributed by atoms with Gasteiger partial charge in [0.2, 0.25) is 5.91 Å². The van der Waals surface area contributed by atoms with Crippen LogP contribution < -0.4 is 0 Å². The fraction of sp³-hybridized carbons (Fsp3) is 0.467. The minimum absolute atomic E-state index is 0.0961. The van der Waals surface area contributed by atoms with Gasteiger partial charge >= 0.3 is 5.97 Å². The van der Waals surface area contributed by atoms with Gasteiger partial charge in [-0.15, -0.1) is 0 Å². The van der Waals surface area contributed by atoms with Crippen LogP contribution in [0.15, 0.2) is 18.2 Å². The number of likely N-dealkylation sites (tertiary alicyclic amines) is 1. The van der Waals surface area contributed by atoms with Gasteiger partial charge in [0.1, 0.15) is 5.41 Å². The van der Waals surface area contributed by atoms with Gasteiger partial charge in [-0.25, -0.2) is 0 Å². The number of carbonyl (C=O) groups excluding carboxylic acids is 1. The van der Waals surface area contributed by atoms with Gasteiger partial charge in [-0.1, -0.05) is 29.3 Å². The highest BCUT2D eigenvalue weighted by atomic mass is 35.5. The molecule has 1 aromatic carbocycles. The van der Waals surface area contributed by atoms with Crippen LogP contribution in [0.25, 0.3) is 0 Å². The molecule has 0 saturated carbocycles. The monoisotopic (exact) mass is 345 g/mol. The molecule has 1 fully saturated rings. The average Bonchev–Trinajstić information content (AvgIpc) is 2.89. The van der Waals surface area contributed by atoms with Crippen molar-refractivity contribution in [3.63, 3.8) is 0 Å². The molecule has 1 aliphatic rings. The molecule has 1 atom stereocenters. The van der Waals surface area contributed by atoms with Gasteiger partial charge in [0.05, 0.1) is 23.1 Å². The first-order valence-electron chi connectivity index (χ1n) is 6.82. The van der Waals surface area contributed by atoms with Gasteiger partial charge in [0.15, 0.2) is 0 Å². The Hall–Kier alpha value is -1.30. The number of carboxylic acid groups (broad SMARTS) is 1. The van der Waals surface area contributed by atoms with Crippen LogP contribution in [0.4, 0.5) is 0 Å². The first-order valence-corrected chi connectivity index (χ1v) is 7.57. The summed E-state index contributed by atoms with van der Waals surface area (Å²) in [4.78, 5) is 25.4. The quantitative estimate of drug-likeness (QED) is 0.890. The van der Waals surface area contributed by atoms with Gasteiger partial charge in [-0.3, -0.25) is 9.59 Å². The lowest BCUT2D eigenvalue weighted by atomic mass is 9.88. The van der Waals surface area contributed by atoms with Crippen molar-refractivity contribution in [1.82, 2.24) is 4.90 Å². The van der Waals surface area contributed by atoms with Gasteiger partial charge in [-0.2, -0.15) is 0 Å². The second-order valence-corrected chi connectivity index (χ2v) is 6.32. The predicted molar refractivity (Wildman–Crippen MR) is 83.3 cm³/mol. The maximum Gasteiger partial charge on any atom is 0.313 e. The van der Waals surface area contributed by atoms with Gasteiger partial charge in [0, 0.05) is 20.2 Å². The number of benzene rings is 1. The number of hydrogen-bond donors (Lipinski definition) is 1. The van der Waals surface area contributed by atoms with Crippen molar-refractivity contribution in [1.29, 1.82) is 0 Å². The van der Waals surface area contributed by atoms with E-state index in [1.807, 2.05) is 0 Å². The number of rotatable bonds is 5. The molecule has 0 spiro atoms. The van der Waals surface area contributed by atoms with Gasteiger partial charge < -0.3 is 14.7 Å². The number of ether oxygens (including phenoxy) is 1. The fourth-order valence-electron chi connectivity index (χ4n) is 2.65. The Balaban J connectivity index is 2.05. The lowest BCUT2D eigenvalue weighted by Crippen LogP contribution is -2.40. The summed E-state index contributed by atoms with van der Waals surface area (Å²) in [7, 11) is 1.46. The van der Waals surface area contributed by atoms with Crippen LogP contribution in [0.1, 0.15) is 12.0 Å². The van der Waals surface area contributed by atoms with E-state index >= 15 is 0 Å². The molecule has 1 unspecified atom stereocenters. The number of aliphatic carboxylic acids is 1. The minimum Gasteiger partial charge on any atom is -0.481 e. The van der Waals surface area contributed by atoms with E-state index in [0.717, 1.165) is 5.56 Å². The summed E-state index contributed by atoms with van der Waals surface area (Å²) in [5, 5.41) is 10.2. The molecule has 1 aliphatic heterocycles. The maximum absolute atomic E-state index is 12.3. The summed E-state index contributed by atoms with van der Waals surface area (Å²) in [5.74, 6) is -1.06. The average molecular weight is 346 g/mol. The molecule has 5 nitrogen and oxygen atoms in total. The van der Waals surface area contributed by atoms with E-state index in [1.54, 1.807) is 23.1 Å². The van der Waals surface area contributed by atoms with E-state index in [-0.39, 0.29) is 25.5 Å². The molecule has 1 saturated heterocycles. The molecule has 0 aromatic heterocycles. The van der Waals surface area contributed by atoms with Crippen LogP contribution in [0.3, 0.4) is 0 Å². The molecule has 1 N–H and O–H groups in total. The van der Waals surface area contributed by atoms with Crippen molar-refractivity contribution in [2.24, 2.45) is 5.41 Å². The molecule has 1 aromatic rings. The molecule has 2 rings (SSSR count). The SMILES string of the molecule is COCC1(C(=O)O)CCN(C(=O)Cc2ccc(Cl)c(Cl)c2)C1. The van der Waals surface area contributed by atoms with E-state index in [9.17, 15) is 14.7 Å². The second kappa shape index (κ2) is 6.86. The third-order valence-electron chi connectivity index (χ3n) is 3.92. The Morgan fingerprint density at radius 3 is 2.68 bits per heavy atom. The minimum atomic E-state index is -1.01. The summed E-state index contributed by atoms with van der Waals surface area (Å²) < 4.78 is 5.01. The topological polar surface area (TPSA) is 66.8 Å². The third-order valence-corrected chi connectivity index (χ3v) is 4.66. The number of nitrogens with zero attached hydrogens (tertiary/aromatic N) is 1. The van der Waals surface area contributed by atoms with Crippen LogP contribution in [0, 0.1) is 5.41 Å². The van der Waals surface area contributed by atoms with Crippen molar-refractivity contribution in [2.45, 2.75) is 12.8 Å². The Bertz CT molecular complexity index is 593. The second-order valence-electron chi connectivity index (χ2n) is 5.51. The van der Waals surface area contributed by atoms with Gasteiger partial charge in [-0.05, 0) is 24.1 Å². The molecule has 0 aliphatic carbocycles. The highest BCUT2D eigenvalue weighted by Crippen LogP contribution is 2.32. The summed E-state index contributed by atoms with van der Waals surface area (Å²) in [6, 6.07) is 5.03. The van der Waals surface area contributed by atoms with Crippen molar-refractivity contribution in [3.8, 4) is 0 Å². The lowest BCUT2D eigenvalue weighted by molar-refractivity contribution is -0.151. The number of methoxy groups -OCH3 is 1. The van der Waals surface area contributed by atoms with E-state index in [1.165, 1.54) is 7.11 Å². The van der Waals surface area contributed by atoms with Crippen molar-refractivity contribution in [2.75, 3.05) is 26.8 Å². The molecule has 0 bridgehead atoms. The van der Waals surface area contributed by atoms with Crippen LogP contribution in [-0.2, 0) is 20.7 Å². The number of hydrogen-bond acceptors (Lipinski definition) is 3. The van der Waals surface area contributed by atoms with Crippen molar-refractivity contribution in [3.05, 3.63) is 33.8 Å². The first kappa shape index (κ1) is 17.1. The highest BCUT2D eigenvalue weighted by Gasteiger charge is 2.46. The summed E-state index contributed by atoms with van der Waals surface area (Å²) in [6.07, 6.45) is 0.558. The lowest BCUT2D eigenvalue weighted by Gasteiger charge is -2.23. The van der Waals surface area contributed by atoms with Crippen LogP contribution in [-0.4, -0.2) is 48.7 Å². The molecule has 1 amide bonds. The van der Waals surface area contributed by atoms with Gasteiger partial charge in [0.25, 0.3) is 0 Å². The maximum atomic E-state index is 12.3. The van der Waals surface area contributed by atoms with E-state index in [4.69, 9.17) is 27.9 Å². The molecule has 1 heterocycles. The van der Waals surface area contributed by atoms with Crippen LogP contribution in [0.5, 0.6) is 0 Å². The van der Waals surface area contributed by atoms with Crippen LogP contribution in [0.2, 0.25) is 10.0 Å². The smallest absolute Gasteiger partial charge is 0.313 e. The number of carbonyl (C=O) groups is 2. The Labute approximate surface area is 138 Å². The number of amides is 1. The number of halogens is 2. The standard InChI is InChI=1S/C15H17Cl2NO4/c1-22-9-15(14(20)21)4-5-18(8-15)13(19)7-10-2-3-11(16)12(17)6-10/h2-3,6H,4-5,7-9H2,1H3,(H,20,21). The molecule has 22 heavy (non-hydrogen) atoms. The van der Waals surface area contributed by atoms with Crippen molar-refractivity contribution < 1.29 is 19.4 Å². The summed E-state index contributed by atoms with van der Waals surface area (Å²) in [5.41, 5.74) is -0.263. The zero-order valence-electron chi connectivity index (χ0n) is 12.1. The zero-order chi connectivity index (χ0) is 16.3. The third kappa shape index (κ3) is 3.54. The molecule has 0 radical (unpaired) electrons. The zero-order valence-corrected chi connectivity index (χ0v) is 13.7. The predicted octanol–water partition coefficient (Wildman–Crippen LogP) is 2.49. The molecule has 7 heteroatoms. The Kier molecular flexibility index (Phi) is 5.32. The Morgan fingerprint density at radius 2 is 2.09 bits per heavy atom. The molecule has 120 valence electrons. The first-order chi connectivity index (χ1) is 10.4. The largest absolute Gasteiger partial charge is 0.481 e. The summed E-state index contributed by atoms with van der Waals surface area (Å²) in [6.45, 7) is 0.672. The normalized spacial score (nSPS) is 21.1. The van der Waals surface area contributed by atoms with E-state index in [0.29, 0.717) is 23.0 Å². The fourth-order valence-corrected chi connectivity index (χ4v) is 2.97. The van der Waals surface area contributed by atoms with Crippen LogP contribution >= 0.6 is 23.2 Å². The Morgan fingerprint density at radius 1 is 1.36 bits per heavy atom. The van der Waals surface area contributed by atoms with E-state index in [2.05, 4.69) is 0 Å². The molecular formula is C15H17Cl2NO4. The molecular weight excluding hydrogens is 329 g/mol. The highest BCUT2D eigenvalue weighted by molar-refractivity contribution is 6.42. The summed E-state index contributed by atoms with van der Waals surface area (Å²) >= 11 is 11.8. The van der Waals surface area contributed by atoms with Crippen molar-refractivity contribution >= 4 is 35.1 Å².